The number of rotatable bonds is 21. The van der Waals surface area contributed by atoms with Gasteiger partial charge in [0.2, 0.25) is 11.8 Å². The highest BCUT2D eigenvalue weighted by Gasteiger charge is 2.48. The number of carbonyl (C=O) groups excluding carboxylic acids is 4. The fraction of sp³-hybridized carbons (Fsp3) is 0.620. The molecule has 0 bridgehead atoms. The summed E-state index contributed by atoms with van der Waals surface area (Å²) >= 11 is 6.38. The number of benzene rings is 2. The van der Waals surface area contributed by atoms with Gasteiger partial charge in [0.1, 0.15) is 24.0 Å². The summed E-state index contributed by atoms with van der Waals surface area (Å²) in [6.07, 6.45) is 0.936. The van der Waals surface area contributed by atoms with E-state index in [-0.39, 0.29) is 62.5 Å². The van der Waals surface area contributed by atoms with Crippen LogP contribution >= 0.6 is 11.6 Å². The Morgan fingerprint density at radius 1 is 0.941 bits per heavy atom. The van der Waals surface area contributed by atoms with Crippen LogP contribution in [-0.2, 0) is 65.2 Å². The van der Waals surface area contributed by atoms with Gasteiger partial charge in [-0.25, -0.2) is 9.59 Å². The number of carboxylic acids is 1. The number of hydrogen-bond acceptors (Lipinski definition) is 14. The first-order valence-corrected chi connectivity index (χ1v) is 24.0. The molecule has 0 radical (unpaired) electrons. The van der Waals surface area contributed by atoms with Crippen molar-refractivity contribution in [2.45, 2.75) is 110 Å². The minimum absolute atomic E-state index is 0.0154. The van der Waals surface area contributed by atoms with Crippen molar-refractivity contribution in [2.24, 2.45) is 17.3 Å². The average Bonchev–Trinajstić information content (AvgIpc) is 4.10. The van der Waals surface area contributed by atoms with E-state index < -0.39 is 59.5 Å². The van der Waals surface area contributed by atoms with Gasteiger partial charge in [-0.05, 0) is 74.4 Å². The van der Waals surface area contributed by atoms with Crippen molar-refractivity contribution in [3.05, 3.63) is 76.3 Å². The predicted molar refractivity (Wildman–Crippen MR) is 253 cm³/mol. The van der Waals surface area contributed by atoms with Crippen LogP contribution in [0, 0.1) is 17.3 Å². The number of hydrogen-bond donors (Lipinski definition) is 4. The molecular formula is C50H71ClN4O13. The number of piperazine rings is 1. The van der Waals surface area contributed by atoms with E-state index in [1.807, 2.05) is 20.8 Å². The van der Waals surface area contributed by atoms with Crippen molar-refractivity contribution in [1.82, 2.24) is 20.9 Å². The molecule has 2 fully saturated rings. The molecule has 3 aliphatic rings. The van der Waals surface area contributed by atoms with E-state index >= 15 is 0 Å². The van der Waals surface area contributed by atoms with Crippen molar-refractivity contribution in [2.75, 3.05) is 72.9 Å². The molecule has 5 rings (SSSR count). The molecule has 4 N–H and O–H groups in total. The number of nitrogens with one attached hydrogen (secondary N) is 3. The van der Waals surface area contributed by atoms with Gasteiger partial charge in [0.25, 0.3) is 0 Å². The highest BCUT2D eigenvalue weighted by atomic mass is 35.5. The van der Waals surface area contributed by atoms with Crippen molar-refractivity contribution in [3.63, 3.8) is 0 Å². The zero-order chi connectivity index (χ0) is 49.4. The summed E-state index contributed by atoms with van der Waals surface area (Å²) in [6.45, 7) is 15.7. The minimum Gasteiger partial charge on any atom is -0.495 e. The first-order valence-electron chi connectivity index (χ1n) is 23.6. The smallest absolute Gasteiger partial charge is 0.347 e. The zero-order valence-corrected chi connectivity index (χ0v) is 41.2. The largest absolute Gasteiger partial charge is 0.495 e. The molecule has 18 heteroatoms. The Balaban J connectivity index is 1.21. The summed E-state index contributed by atoms with van der Waals surface area (Å²) < 4.78 is 40.1. The maximum absolute atomic E-state index is 13.9. The Kier molecular flexibility index (Phi) is 21.1. The van der Waals surface area contributed by atoms with Gasteiger partial charge in [-0.15, -0.1) is 0 Å². The summed E-state index contributed by atoms with van der Waals surface area (Å²) in [5.74, 6) is -3.27. The van der Waals surface area contributed by atoms with Crippen molar-refractivity contribution in [3.8, 4) is 5.75 Å². The van der Waals surface area contributed by atoms with Crippen LogP contribution in [0.1, 0.15) is 77.2 Å². The van der Waals surface area contributed by atoms with Crippen LogP contribution in [0.15, 0.2) is 54.6 Å². The molecule has 17 nitrogen and oxygen atoms in total. The van der Waals surface area contributed by atoms with Crippen LogP contribution in [0.5, 0.6) is 5.75 Å². The summed E-state index contributed by atoms with van der Waals surface area (Å²) in [5, 5.41) is 18.3. The highest BCUT2D eigenvalue weighted by molar-refractivity contribution is 6.32. The van der Waals surface area contributed by atoms with E-state index in [0.717, 1.165) is 38.2 Å². The summed E-state index contributed by atoms with van der Waals surface area (Å²) in [7, 11) is 1.50. The van der Waals surface area contributed by atoms with Gasteiger partial charge in [-0.2, -0.15) is 0 Å². The lowest BCUT2D eigenvalue weighted by Crippen LogP contribution is -2.53. The van der Waals surface area contributed by atoms with E-state index in [1.54, 1.807) is 38.1 Å². The molecule has 8 atom stereocenters. The number of aliphatic carboxylic acids is 1. The molecule has 3 heterocycles. The molecule has 68 heavy (non-hydrogen) atoms. The second-order valence-corrected chi connectivity index (χ2v) is 19.2. The van der Waals surface area contributed by atoms with E-state index in [4.69, 9.17) is 49.9 Å². The predicted octanol–water partition coefficient (Wildman–Crippen LogP) is 4.46. The molecule has 0 aromatic heterocycles. The number of halogens is 1. The molecule has 0 spiro atoms. The lowest BCUT2D eigenvalue weighted by molar-refractivity contribution is -0.179. The lowest BCUT2D eigenvalue weighted by Gasteiger charge is -2.36. The third-order valence-electron chi connectivity index (χ3n) is 12.4. The number of nitrogens with zero attached hydrogens (tertiary/aromatic N) is 1. The molecule has 3 aliphatic heterocycles. The van der Waals surface area contributed by atoms with Gasteiger partial charge in [-0.1, -0.05) is 68.8 Å². The molecule has 2 saturated heterocycles. The monoisotopic (exact) mass is 970 g/mol. The normalized spacial score (nSPS) is 24.9. The van der Waals surface area contributed by atoms with Crippen LogP contribution in [0.3, 0.4) is 0 Å². The second kappa shape index (κ2) is 26.4. The highest BCUT2D eigenvalue weighted by Crippen LogP contribution is 2.45. The van der Waals surface area contributed by atoms with E-state index in [9.17, 15) is 24.0 Å². The molecule has 2 aromatic carbocycles. The quantitative estimate of drug-likeness (QED) is 0.0773. The number of ether oxygens (including phenoxy) is 7. The van der Waals surface area contributed by atoms with Crippen LogP contribution in [0.25, 0.3) is 0 Å². The summed E-state index contributed by atoms with van der Waals surface area (Å²) in [4.78, 5) is 67.9. The first kappa shape index (κ1) is 54.3. The SMILES string of the molecule is COc1ccc(C[C@H]2NC(=O)C=CC[C@@H]([C@H](C)[C@H]3O[C@@H]3c3ccc(CC4CNCCN4CCOCCOCCOC(C)C(=O)O)cc3)OC(=O)[C@H](CC(C)C)OC(=O)C(C)(C)CNC2=O)cc1Cl. The molecule has 0 saturated carbocycles. The van der Waals surface area contributed by atoms with Crippen molar-refractivity contribution >= 4 is 41.3 Å². The zero-order valence-electron chi connectivity index (χ0n) is 40.5. The summed E-state index contributed by atoms with van der Waals surface area (Å²) in [6, 6.07) is 12.8. The fourth-order valence-corrected chi connectivity index (χ4v) is 8.38. The molecule has 0 aliphatic carbocycles. The van der Waals surface area contributed by atoms with Crippen molar-refractivity contribution in [1.29, 1.82) is 0 Å². The van der Waals surface area contributed by atoms with Crippen LogP contribution < -0.4 is 20.7 Å². The van der Waals surface area contributed by atoms with Gasteiger partial charge >= 0.3 is 17.9 Å². The topological polar surface area (TPSA) is 213 Å². The number of epoxide rings is 1. The molecule has 376 valence electrons. The van der Waals surface area contributed by atoms with Crippen LogP contribution in [0.4, 0.5) is 0 Å². The van der Waals surface area contributed by atoms with Gasteiger partial charge in [0.15, 0.2) is 12.2 Å². The van der Waals surface area contributed by atoms with Gasteiger partial charge < -0.3 is 54.2 Å². The Morgan fingerprint density at radius 3 is 2.34 bits per heavy atom. The first-order chi connectivity index (χ1) is 32.4. The Hall–Kier alpha value is -4.62. The number of methoxy groups -OCH3 is 1. The maximum atomic E-state index is 13.9. The van der Waals surface area contributed by atoms with E-state index in [1.165, 1.54) is 25.7 Å². The van der Waals surface area contributed by atoms with Crippen LogP contribution in [-0.4, -0.2) is 149 Å². The van der Waals surface area contributed by atoms with Gasteiger partial charge in [0, 0.05) is 57.5 Å². The Bertz CT molecular complexity index is 2020. The second-order valence-electron chi connectivity index (χ2n) is 18.8. The average molecular weight is 972 g/mol. The molecule has 2 amide bonds. The minimum atomic E-state index is -1.24. The number of amides is 2. The van der Waals surface area contributed by atoms with Gasteiger partial charge in [0.05, 0.1) is 56.7 Å². The fourth-order valence-electron chi connectivity index (χ4n) is 8.10. The summed E-state index contributed by atoms with van der Waals surface area (Å²) in [5.41, 5.74) is 1.62. The number of cyclic esters (lactones) is 2. The molecule has 2 unspecified atom stereocenters. The maximum Gasteiger partial charge on any atom is 0.347 e. The van der Waals surface area contributed by atoms with E-state index in [0.29, 0.717) is 42.8 Å². The van der Waals surface area contributed by atoms with Crippen molar-refractivity contribution < 1.29 is 62.2 Å². The standard InChI is InChI=1S/C50H71ClN4O13/c1-31(2)25-42-48(60)66-40(9-8-10-43(56)54-39(28-35-13-16-41(62-7)38(51)27-35)46(57)53-30-50(5,6)49(61)67-42)32(3)44-45(68-44)36-14-11-34(12-15-36)26-37-29-52-17-18-55(37)19-20-63-21-22-64-23-24-65-33(4)47(58)59/h8,10-16,27,31-33,37,39-40,42,44-45,52H,9,17-26,28-30H2,1-7H3,(H,53,57)(H,54,56)(H,58,59)/t32-,33?,37?,39+,40-,42-,44+,45+/m0/s1. The number of carbonyl (C=O) groups is 5. The molecule has 2 aromatic rings. The third kappa shape index (κ3) is 16.8. The Morgan fingerprint density at radius 2 is 1.65 bits per heavy atom. The third-order valence-corrected chi connectivity index (χ3v) is 12.7. The molecular weight excluding hydrogens is 900 g/mol. The Labute approximate surface area is 405 Å². The van der Waals surface area contributed by atoms with Crippen LogP contribution in [0.2, 0.25) is 5.02 Å². The number of carboxylic acid groups (broad SMARTS) is 1. The lowest BCUT2D eigenvalue weighted by atomic mass is 9.92. The number of esters is 2. The van der Waals surface area contributed by atoms with Gasteiger partial charge in [-0.3, -0.25) is 19.3 Å². The van der Waals surface area contributed by atoms with E-state index in [2.05, 4.69) is 45.1 Å².